The second-order valence-corrected chi connectivity index (χ2v) is 5.68. The van der Waals surface area contributed by atoms with Crippen LogP contribution in [0, 0.1) is 17.1 Å². The van der Waals surface area contributed by atoms with Crippen molar-refractivity contribution >= 4 is 23.4 Å². The highest BCUT2D eigenvalue weighted by Gasteiger charge is 2.08. The number of para-hydroxylation sites is 1. The molecule has 2 rings (SSSR count). The van der Waals surface area contributed by atoms with Crippen molar-refractivity contribution in [1.82, 2.24) is 0 Å². The van der Waals surface area contributed by atoms with Gasteiger partial charge in [-0.3, -0.25) is 4.79 Å². The molecule has 1 amide bonds. The van der Waals surface area contributed by atoms with Gasteiger partial charge in [0, 0.05) is 23.1 Å². The second kappa shape index (κ2) is 8.81. The van der Waals surface area contributed by atoms with E-state index >= 15 is 0 Å². The Morgan fingerprint density at radius 3 is 2.87 bits per heavy atom. The van der Waals surface area contributed by atoms with Crippen molar-refractivity contribution in [3.05, 3.63) is 54.3 Å². The lowest BCUT2D eigenvalue weighted by Crippen LogP contribution is -2.20. The average Bonchev–Trinajstić information content (AvgIpc) is 2.55. The molecule has 23 heavy (non-hydrogen) atoms. The zero-order valence-corrected chi connectivity index (χ0v) is 13.1. The van der Waals surface area contributed by atoms with Gasteiger partial charge in [-0.15, -0.1) is 11.8 Å². The van der Waals surface area contributed by atoms with Gasteiger partial charge in [-0.2, -0.15) is 5.26 Å². The van der Waals surface area contributed by atoms with Crippen LogP contribution in [0.25, 0.3) is 0 Å². The molecule has 0 fully saturated rings. The van der Waals surface area contributed by atoms with Crippen molar-refractivity contribution < 1.29 is 13.9 Å². The van der Waals surface area contributed by atoms with Gasteiger partial charge >= 0.3 is 0 Å². The number of thioether (sulfide) groups is 1. The van der Waals surface area contributed by atoms with Gasteiger partial charge in [-0.25, -0.2) is 4.39 Å². The molecule has 0 aromatic heterocycles. The number of rotatable bonds is 7. The quantitative estimate of drug-likeness (QED) is 0.619. The Labute approximate surface area is 138 Å². The number of benzene rings is 2. The van der Waals surface area contributed by atoms with E-state index in [0.717, 1.165) is 4.90 Å². The third-order valence-corrected chi connectivity index (χ3v) is 3.87. The van der Waals surface area contributed by atoms with Crippen molar-refractivity contribution in [3.63, 3.8) is 0 Å². The molecule has 0 aliphatic carbocycles. The Morgan fingerprint density at radius 1 is 1.26 bits per heavy atom. The van der Waals surface area contributed by atoms with E-state index < -0.39 is 5.82 Å². The average molecular weight is 330 g/mol. The molecule has 118 valence electrons. The zero-order valence-electron chi connectivity index (χ0n) is 12.3. The monoisotopic (exact) mass is 330 g/mol. The number of nitriles is 1. The number of hydrogen-bond donors (Lipinski definition) is 1. The number of ether oxygens (including phenoxy) is 1. The first-order chi connectivity index (χ1) is 11.2. The molecule has 6 heteroatoms. The molecule has 4 nitrogen and oxygen atoms in total. The maximum Gasteiger partial charge on any atom is 0.262 e. The predicted molar refractivity (Wildman–Crippen MR) is 87.9 cm³/mol. The lowest BCUT2D eigenvalue weighted by molar-refractivity contribution is -0.118. The number of nitrogens with zero attached hydrogens (tertiary/aromatic N) is 1. The molecule has 1 N–H and O–H groups in total. The summed E-state index contributed by atoms with van der Waals surface area (Å²) < 4.78 is 18.3. The minimum absolute atomic E-state index is 0.208. The molecule has 0 atom stereocenters. The largest absolute Gasteiger partial charge is 0.484 e. The minimum Gasteiger partial charge on any atom is -0.484 e. The number of anilines is 1. The van der Waals surface area contributed by atoms with Crippen molar-refractivity contribution in [2.24, 2.45) is 0 Å². The maximum atomic E-state index is 13.0. The van der Waals surface area contributed by atoms with Crippen LogP contribution in [0.2, 0.25) is 0 Å². The maximum absolute atomic E-state index is 13.0. The molecular weight excluding hydrogens is 315 g/mol. The predicted octanol–water partition coefficient (Wildman–Crippen LogP) is 3.85. The molecule has 0 heterocycles. The zero-order chi connectivity index (χ0) is 16.5. The fourth-order valence-corrected chi connectivity index (χ4v) is 2.66. The first-order valence-electron chi connectivity index (χ1n) is 6.96. The number of halogens is 1. The van der Waals surface area contributed by atoms with Crippen LogP contribution in [0.15, 0.2) is 53.4 Å². The van der Waals surface area contributed by atoms with Gasteiger partial charge in [0.15, 0.2) is 6.61 Å². The van der Waals surface area contributed by atoms with E-state index in [1.54, 1.807) is 12.1 Å². The molecule has 0 saturated carbocycles. The highest BCUT2D eigenvalue weighted by molar-refractivity contribution is 7.99. The number of hydrogen-bond acceptors (Lipinski definition) is 4. The minimum atomic E-state index is -0.415. The Morgan fingerprint density at radius 2 is 2.09 bits per heavy atom. The Balaban J connectivity index is 1.91. The van der Waals surface area contributed by atoms with Gasteiger partial charge < -0.3 is 10.1 Å². The smallest absolute Gasteiger partial charge is 0.262 e. The van der Waals surface area contributed by atoms with Crippen LogP contribution in [0.4, 0.5) is 10.1 Å². The van der Waals surface area contributed by atoms with Crippen LogP contribution >= 0.6 is 11.8 Å². The van der Waals surface area contributed by atoms with E-state index in [9.17, 15) is 9.18 Å². The summed E-state index contributed by atoms with van der Waals surface area (Å²) in [5.41, 5.74) is 0.670. The SMILES string of the molecule is N#CCCSc1ccccc1NC(=O)COc1cccc(F)c1. The highest BCUT2D eigenvalue weighted by atomic mass is 32.2. The van der Waals surface area contributed by atoms with Gasteiger partial charge in [0.05, 0.1) is 11.8 Å². The summed E-state index contributed by atoms with van der Waals surface area (Å²) in [6.45, 7) is -0.208. The van der Waals surface area contributed by atoms with Crippen LogP contribution in [-0.4, -0.2) is 18.3 Å². The van der Waals surface area contributed by atoms with Crippen molar-refractivity contribution in [2.45, 2.75) is 11.3 Å². The number of carbonyl (C=O) groups is 1. The molecule has 0 bridgehead atoms. The topological polar surface area (TPSA) is 62.1 Å². The molecular formula is C17H15FN2O2S. The van der Waals surface area contributed by atoms with E-state index in [1.807, 2.05) is 18.2 Å². The number of amides is 1. The number of nitrogens with one attached hydrogen (secondary N) is 1. The number of carbonyl (C=O) groups excluding carboxylic acids is 1. The highest BCUT2D eigenvalue weighted by Crippen LogP contribution is 2.27. The van der Waals surface area contributed by atoms with Crippen molar-refractivity contribution in [2.75, 3.05) is 17.7 Å². The molecule has 0 aliphatic heterocycles. The first-order valence-corrected chi connectivity index (χ1v) is 7.94. The van der Waals surface area contributed by atoms with E-state index in [4.69, 9.17) is 10.00 Å². The van der Waals surface area contributed by atoms with Crippen molar-refractivity contribution in [3.8, 4) is 11.8 Å². The third-order valence-electron chi connectivity index (χ3n) is 2.80. The first kappa shape index (κ1) is 16.8. The summed E-state index contributed by atoms with van der Waals surface area (Å²) in [4.78, 5) is 12.9. The molecule has 0 unspecified atom stereocenters. The van der Waals surface area contributed by atoms with E-state index in [1.165, 1.54) is 30.0 Å². The summed E-state index contributed by atoms with van der Waals surface area (Å²) in [5, 5.41) is 11.3. The van der Waals surface area contributed by atoms with E-state index in [0.29, 0.717) is 23.6 Å². The lowest BCUT2D eigenvalue weighted by atomic mass is 10.3. The van der Waals surface area contributed by atoms with Crippen LogP contribution in [0.5, 0.6) is 5.75 Å². The molecule has 2 aromatic rings. The molecule has 0 radical (unpaired) electrons. The van der Waals surface area contributed by atoms with Crippen LogP contribution in [0.1, 0.15) is 6.42 Å². The van der Waals surface area contributed by atoms with E-state index in [-0.39, 0.29) is 12.5 Å². The molecule has 0 saturated heterocycles. The van der Waals surface area contributed by atoms with Crippen LogP contribution in [-0.2, 0) is 4.79 Å². The van der Waals surface area contributed by atoms with Gasteiger partial charge in [0.2, 0.25) is 0 Å². The summed E-state index contributed by atoms with van der Waals surface area (Å²) in [6, 6.07) is 15.1. The molecule has 0 aliphatic rings. The summed E-state index contributed by atoms with van der Waals surface area (Å²) in [7, 11) is 0. The Kier molecular flexibility index (Phi) is 6.45. The summed E-state index contributed by atoms with van der Waals surface area (Å²) in [5.74, 6) is 0.213. The molecule has 2 aromatic carbocycles. The van der Waals surface area contributed by atoms with Gasteiger partial charge in [0.25, 0.3) is 5.91 Å². The second-order valence-electron chi connectivity index (χ2n) is 4.55. The van der Waals surface area contributed by atoms with Gasteiger partial charge in [-0.05, 0) is 24.3 Å². The summed E-state index contributed by atoms with van der Waals surface area (Å²) >= 11 is 1.50. The fourth-order valence-electron chi connectivity index (χ4n) is 1.79. The molecule has 0 spiro atoms. The van der Waals surface area contributed by atoms with E-state index in [2.05, 4.69) is 11.4 Å². The van der Waals surface area contributed by atoms with Crippen molar-refractivity contribution in [1.29, 1.82) is 5.26 Å². The standard InChI is InChI=1S/C17H15FN2O2S/c18-13-5-3-6-14(11-13)22-12-17(21)20-15-7-1-2-8-16(15)23-10-4-9-19/h1-3,5-8,11H,4,10,12H2,(H,20,21). The van der Waals surface area contributed by atoms with Gasteiger partial charge in [0.1, 0.15) is 11.6 Å². The lowest BCUT2D eigenvalue weighted by Gasteiger charge is -2.11. The third kappa shape index (κ3) is 5.64. The Hall–Kier alpha value is -2.52. The fraction of sp³-hybridized carbons (Fsp3) is 0.176. The van der Waals surface area contributed by atoms with Crippen LogP contribution in [0.3, 0.4) is 0 Å². The normalized spacial score (nSPS) is 9.91. The van der Waals surface area contributed by atoms with Crippen LogP contribution < -0.4 is 10.1 Å². The summed E-state index contributed by atoms with van der Waals surface area (Å²) in [6.07, 6.45) is 0.440. The van der Waals surface area contributed by atoms with Gasteiger partial charge in [-0.1, -0.05) is 18.2 Å². The Bertz CT molecular complexity index is 716.